The monoisotopic (exact) mass is 379 g/mol. The summed E-state index contributed by atoms with van der Waals surface area (Å²) in [5, 5.41) is 0. The normalized spacial score (nSPS) is 15.6. The Hall–Kier alpha value is -2.31. The van der Waals surface area contributed by atoms with Gasteiger partial charge in [0.25, 0.3) is 0 Å². The number of aryl methyl sites for hydroxylation is 1. The van der Waals surface area contributed by atoms with Crippen molar-refractivity contribution in [3.63, 3.8) is 0 Å². The number of para-hydroxylation sites is 1. The molecule has 1 aliphatic carbocycles. The zero-order chi connectivity index (χ0) is 19.4. The highest BCUT2D eigenvalue weighted by atomic mass is 19.4. The van der Waals surface area contributed by atoms with Gasteiger partial charge in [-0.05, 0) is 43.7 Å². The standard InChI is InChI=1S/C20H24F3N3O/c1-3-14-9-7-8-12-17(14)26(2)18-16(20(21,22)23)13-24-19(25-18)27-15-10-5-4-6-11-15/h7-9,12-13,15H,3-6,10-11H2,1-2H3. The lowest BCUT2D eigenvalue weighted by Crippen LogP contribution is -2.23. The predicted octanol–water partition coefficient (Wildman–Crippen LogP) is 5.54. The molecule has 1 saturated carbocycles. The highest BCUT2D eigenvalue weighted by molar-refractivity contribution is 5.66. The molecule has 1 heterocycles. The molecule has 0 atom stereocenters. The van der Waals surface area contributed by atoms with Crippen molar-refractivity contribution in [2.45, 2.75) is 57.7 Å². The largest absolute Gasteiger partial charge is 0.460 e. The molecule has 146 valence electrons. The van der Waals surface area contributed by atoms with E-state index in [0.29, 0.717) is 12.1 Å². The van der Waals surface area contributed by atoms with Gasteiger partial charge in [0.15, 0.2) is 5.82 Å². The zero-order valence-corrected chi connectivity index (χ0v) is 15.6. The number of halogens is 3. The first-order chi connectivity index (χ1) is 12.9. The molecule has 0 amide bonds. The van der Waals surface area contributed by atoms with Gasteiger partial charge in [-0.2, -0.15) is 18.2 Å². The van der Waals surface area contributed by atoms with Crippen LogP contribution in [0.1, 0.15) is 50.2 Å². The number of rotatable bonds is 5. The molecule has 1 aromatic heterocycles. The Labute approximate surface area is 157 Å². The fourth-order valence-electron chi connectivity index (χ4n) is 3.45. The fourth-order valence-corrected chi connectivity index (χ4v) is 3.45. The van der Waals surface area contributed by atoms with Crippen molar-refractivity contribution in [2.75, 3.05) is 11.9 Å². The fraction of sp³-hybridized carbons (Fsp3) is 0.500. The van der Waals surface area contributed by atoms with Crippen LogP contribution in [0.2, 0.25) is 0 Å². The third-order valence-electron chi connectivity index (χ3n) is 4.93. The van der Waals surface area contributed by atoms with Crippen molar-refractivity contribution in [1.82, 2.24) is 9.97 Å². The van der Waals surface area contributed by atoms with Crippen molar-refractivity contribution in [3.05, 3.63) is 41.6 Å². The molecule has 0 N–H and O–H groups in total. The van der Waals surface area contributed by atoms with Gasteiger partial charge in [0.1, 0.15) is 11.7 Å². The second kappa shape index (κ2) is 8.15. The molecule has 0 spiro atoms. The summed E-state index contributed by atoms with van der Waals surface area (Å²) in [6.45, 7) is 1.97. The molecule has 0 radical (unpaired) electrons. The Morgan fingerprint density at radius 2 is 1.85 bits per heavy atom. The average Bonchev–Trinajstić information content (AvgIpc) is 2.67. The molecular weight excluding hydrogens is 355 g/mol. The lowest BCUT2D eigenvalue weighted by Gasteiger charge is -2.26. The second-order valence-electron chi connectivity index (χ2n) is 6.81. The van der Waals surface area contributed by atoms with Crippen LogP contribution in [0.25, 0.3) is 0 Å². The topological polar surface area (TPSA) is 38.2 Å². The summed E-state index contributed by atoms with van der Waals surface area (Å²) < 4.78 is 46.4. The molecule has 4 nitrogen and oxygen atoms in total. The van der Waals surface area contributed by atoms with Crippen LogP contribution in [0.15, 0.2) is 30.5 Å². The van der Waals surface area contributed by atoms with E-state index in [2.05, 4.69) is 9.97 Å². The quantitative estimate of drug-likeness (QED) is 0.684. The second-order valence-corrected chi connectivity index (χ2v) is 6.81. The van der Waals surface area contributed by atoms with Crippen molar-refractivity contribution in [3.8, 4) is 6.01 Å². The summed E-state index contributed by atoms with van der Waals surface area (Å²) in [7, 11) is 1.59. The first-order valence-corrected chi connectivity index (χ1v) is 9.32. The first-order valence-electron chi connectivity index (χ1n) is 9.32. The summed E-state index contributed by atoms with van der Waals surface area (Å²) in [4.78, 5) is 9.47. The van der Waals surface area contributed by atoms with Crippen LogP contribution in [-0.4, -0.2) is 23.1 Å². The van der Waals surface area contributed by atoms with Gasteiger partial charge >= 0.3 is 12.2 Å². The lowest BCUT2D eigenvalue weighted by atomic mass is 9.98. The number of nitrogens with zero attached hydrogens (tertiary/aromatic N) is 3. The summed E-state index contributed by atoms with van der Waals surface area (Å²) in [5.41, 5.74) is 0.765. The van der Waals surface area contributed by atoms with Crippen LogP contribution in [0.4, 0.5) is 24.7 Å². The van der Waals surface area contributed by atoms with Crippen molar-refractivity contribution >= 4 is 11.5 Å². The molecule has 1 fully saturated rings. The minimum Gasteiger partial charge on any atom is -0.460 e. The lowest BCUT2D eigenvalue weighted by molar-refractivity contribution is -0.137. The third kappa shape index (κ3) is 4.51. The highest BCUT2D eigenvalue weighted by Gasteiger charge is 2.37. The Balaban J connectivity index is 1.98. The maximum absolute atomic E-state index is 13.5. The summed E-state index contributed by atoms with van der Waals surface area (Å²) in [6.07, 6.45) is 2.00. The summed E-state index contributed by atoms with van der Waals surface area (Å²) in [6, 6.07) is 7.38. The molecule has 1 aromatic carbocycles. The molecule has 27 heavy (non-hydrogen) atoms. The first kappa shape index (κ1) is 19.5. The van der Waals surface area contributed by atoms with Crippen LogP contribution in [-0.2, 0) is 12.6 Å². The number of hydrogen-bond donors (Lipinski definition) is 0. The number of alkyl halides is 3. The van der Waals surface area contributed by atoms with Gasteiger partial charge in [-0.3, -0.25) is 0 Å². The van der Waals surface area contributed by atoms with E-state index in [0.717, 1.165) is 43.9 Å². The van der Waals surface area contributed by atoms with E-state index in [9.17, 15) is 13.2 Å². The number of benzene rings is 1. The third-order valence-corrected chi connectivity index (χ3v) is 4.93. The van der Waals surface area contributed by atoms with Gasteiger partial charge in [-0.25, -0.2) is 4.98 Å². The van der Waals surface area contributed by atoms with Gasteiger partial charge in [-0.15, -0.1) is 0 Å². The molecule has 2 aromatic rings. The van der Waals surface area contributed by atoms with E-state index in [-0.39, 0.29) is 17.9 Å². The summed E-state index contributed by atoms with van der Waals surface area (Å²) in [5.74, 6) is -0.191. The van der Waals surface area contributed by atoms with Gasteiger partial charge in [0.2, 0.25) is 0 Å². The predicted molar refractivity (Wildman–Crippen MR) is 98.4 cm³/mol. The van der Waals surface area contributed by atoms with Gasteiger partial charge in [0, 0.05) is 18.9 Å². The van der Waals surface area contributed by atoms with E-state index >= 15 is 0 Å². The number of anilines is 2. The molecule has 0 bridgehead atoms. The van der Waals surface area contributed by atoms with Gasteiger partial charge in [0.05, 0.1) is 0 Å². The Bertz CT molecular complexity index is 773. The molecule has 0 aliphatic heterocycles. The van der Waals surface area contributed by atoms with E-state index in [1.54, 1.807) is 19.2 Å². The molecule has 0 unspecified atom stereocenters. The Kier molecular flexibility index (Phi) is 5.87. The Morgan fingerprint density at radius 3 is 2.52 bits per heavy atom. The number of ether oxygens (including phenoxy) is 1. The number of aromatic nitrogens is 2. The van der Waals surface area contributed by atoms with Crippen LogP contribution < -0.4 is 9.64 Å². The van der Waals surface area contributed by atoms with Crippen molar-refractivity contribution in [1.29, 1.82) is 0 Å². The maximum atomic E-state index is 13.5. The van der Waals surface area contributed by atoms with Gasteiger partial charge < -0.3 is 9.64 Å². The van der Waals surface area contributed by atoms with Gasteiger partial charge in [-0.1, -0.05) is 31.5 Å². The molecule has 0 saturated heterocycles. The van der Waals surface area contributed by atoms with Crippen LogP contribution in [0, 0.1) is 0 Å². The van der Waals surface area contributed by atoms with Crippen LogP contribution in [0.5, 0.6) is 6.01 Å². The van der Waals surface area contributed by atoms with E-state index < -0.39 is 11.7 Å². The van der Waals surface area contributed by atoms with Crippen LogP contribution >= 0.6 is 0 Å². The maximum Gasteiger partial charge on any atom is 0.421 e. The van der Waals surface area contributed by atoms with E-state index in [1.807, 2.05) is 19.1 Å². The van der Waals surface area contributed by atoms with Crippen molar-refractivity contribution in [2.24, 2.45) is 0 Å². The zero-order valence-electron chi connectivity index (χ0n) is 15.6. The molecule has 3 rings (SSSR count). The molecule has 7 heteroatoms. The Morgan fingerprint density at radius 1 is 1.15 bits per heavy atom. The van der Waals surface area contributed by atoms with Crippen LogP contribution in [0.3, 0.4) is 0 Å². The van der Waals surface area contributed by atoms with E-state index in [1.165, 1.54) is 4.90 Å². The van der Waals surface area contributed by atoms with E-state index in [4.69, 9.17) is 4.74 Å². The average molecular weight is 379 g/mol. The minimum atomic E-state index is -4.55. The molecular formula is C20H24F3N3O. The summed E-state index contributed by atoms with van der Waals surface area (Å²) >= 11 is 0. The molecule has 1 aliphatic rings. The highest BCUT2D eigenvalue weighted by Crippen LogP contribution is 2.38. The van der Waals surface area contributed by atoms with Crippen molar-refractivity contribution < 1.29 is 17.9 Å². The smallest absolute Gasteiger partial charge is 0.421 e. The number of hydrogen-bond acceptors (Lipinski definition) is 4. The minimum absolute atomic E-state index is 0.00531. The SMILES string of the molecule is CCc1ccccc1N(C)c1nc(OC2CCCCC2)ncc1C(F)(F)F.